The van der Waals surface area contributed by atoms with Crippen molar-refractivity contribution in [3.63, 3.8) is 0 Å². The first-order chi connectivity index (χ1) is 7.75. The van der Waals surface area contributed by atoms with Crippen molar-refractivity contribution in [1.82, 2.24) is 0 Å². The SMILES string of the molecule is Cc1ccc(C)c(NCCc2cccs2)c1. The molecule has 1 nitrogen and oxygen atoms in total. The molecular formula is C14H17NS. The second kappa shape index (κ2) is 5.17. The Morgan fingerprint density at radius 3 is 2.81 bits per heavy atom. The van der Waals surface area contributed by atoms with Crippen LogP contribution in [0.3, 0.4) is 0 Å². The normalized spacial score (nSPS) is 10.4. The maximum absolute atomic E-state index is 3.50. The van der Waals surface area contributed by atoms with E-state index in [1.165, 1.54) is 21.7 Å². The van der Waals surface area contributed by atoms with Gasteiger partial charge in [-0.2, -0.15) is 0 Å². The van der Waals surface area contributed by atoms with Gasteiger partial charge in [0.1, 0.15) is 0 Å². The minimum Gasteiger partial charge on any atom is -0.384 e. The Labute approximate surface area is 101 Å². The van der Waals surface area contributed by atoms with Crippen LogP contribution in [0.25, 0.3) is 0 Å². The van der Waals surface area contributed by atoms with Gasteiger partial charge in [0.15, 0.2) is 0 Å². The molecule has 2 rings (SSSR count). The van der Waals surface area contributed by atoms with E-state index in [4.69, 9.17) is 0 Å². The summed E-state index contributed by atoms with van der Waals surface area (Å²) in [4.78, 5) is 1.44. The number of benzene rings is 1. The third-order valence-electron chi connectivity index (χ3n) is 2.66. The predicted molar refractivity (Wildman–Crippen MR) is 72.4 cm³/mol. The summed E-state index contributed by atoms with van der Waals surface area (Å²) in [5.41, 5.74) is 3.89. The van der Waals surface area contributed by atoms with Gasteiger partial charge in [-0.25, -0.2) is 0 Å². The minimum absolute atomic E-state index is 1.00. The fraction of sp³-hybridized carbons (Fsp3) is 0.286. The van der Waals surface area contributed by atoms with Crippen LogP contribution in [0.2, 0.25) is 0 Å². The highest BCUT2D eigenvalue weighted by Gasteiger charge is 1.98. The quantitative estimate of drug-likeness (QED) is 0.838. The maximum atomic E-state index is 3.50. The highest BCUT2D eigenvalue weighted by atomic mass is 32.1. The number of hydrogen-bond donors (Lipinski definition) is 1. The molecule has 0 saturated carbocycles. The Morgan fingerprint density at radius 1 is 1.19 bits per heavy atom. The molecule has 0 aliphatic rings. The zero-order chi connectivity index (χ0) is 11.4. The van der Waals surface area contributed by atoms with Crippen molar-refractivity contribution < 1.29 is 0 Å². The highest BCUT2D eigenvalue weighted by molar-refractivity contribution is 7.09. The average Bonchev–Trinajstić information content (AvgIpc) is 2.76. The summed E-state index contributed by atoms with van der Waals surface area (Å²) in [5.74, 6) is 0. The number of hydrogen-bond acceptors (Lipinski definition) is 2. The molecule has 1 aromatic carbocycles. The molecule has 0 fully saturated rings. The van der Waals surface area contributed by atoms with Gasteiger partial charge in [-0.1, -0.05) is 18.2 Å². The van der Waals surface area contributed by atoms with E-state index in [-0.39, 0.29) is 0 Å². The molecule has 1 aromatic heterocycles. The Morgan fingerprint density at radius 2 is 2.06 bits per heavy atom. The van der Waals surface area contributed by atoms with Crippen molar-refractivity contribution in [3.8, 4) is 0 Å². The van der Waals surface area contributed by atoms with Crippen LogP contribution in [-0.2, 0) is 6.42 Å². The van der Waals surface area contributed by atoms with E-state index in [0.29, 0.717) is 0 Å². The molecular weight excluding hydrogens is 214 g/mol. The van der Waals surface area contributed by atoms with Crippen LogP contribution in [0.1, 0.15) is 16.0 Å². The zero-order valence-electron chi connectivity index (χ0n) is 9.79. The molecule has 0 radical (unpaired) electrons. The molecule has 16 heavy (non-hydrogen) atoms. The number of thiophene rings is 1. The van der Waals surface area contributed by atoms with Gasteiger partial charge < -0.3 is 5.32 Å². The second-order valence-corrected chi connectivity index (χ2v) is 5.11. The second-order valence-electron chi connectivity index (χ2n) is 4.07. The van der Waals surface area contributed by atoms with Gasteiger partial charge in [0.25, 0.3) is 0 Å². The maximum Gasteiger partial charge on any atom is 0.0372 e. The fourth-order valence-electron chi connectivity index (χ4n) is 1.70. The van der Waals surface area contributed by atoms with Gasteiger partial charge in [0.2, 0.25) is 0 Å². The van der Waals surface area contributed by atoms with E-state index in [9.17, 15) is 0 Å². The molecule has 0 saturated heterocycles. The van der Waals surface area contributed by atoms with E-state index in [1.807, 2.05) is 11.3 Å². The Balaban J connectivity index is 1.92. The van der Waals surface area contributed by atoms with Crippen molar-refractivity contribution in [1.29, 1.82) is 0 Å². The molecule has 1 heterocycles. The summed E-state index contributed by atoms with van der Waals surface area (Å²) < 4.78 is 0. The monoisotopic (exact) mass is 231 g/mol. The molecule has 0 aliphatic carbocycles. The number of anilines is 1. The largest absolute Gasteiger partial charge is 0.384 e. The summed E-state index contributed by atoms with van der Waals surface area (Å²) in [5, 5.41) is 5.63. The van der Waals surface area contributed by atoms with Crippen molar-refractivity contribution in [2.75, 3.05) is 11.9 Å². The summed E-state index contributed by atoms with van der Waals surface area (Å²) in [7, 11) is 0. The van der Waals surface area contributed by atoms with Gasteiger partial charge in [-0.3, -0.25) is 0 Å². The molecule has 0 unspecified atom stereocenters. The van der Waals surface area contributed by atoms with E-state index in [1.54, 1.807) is 0 Å². The van der Waals surface area contributed by atoms with E-state index < -0.39 is 0 Å². The summed E-state index contributed by atoms with van der Waals surface area (Å²) in [6, 6.07) is 10.8. The van der Waals surface area contributed by atoms with Crippen LogP contribution in [0.5, 0.6) is 0 Å². The number of nitrogens with one attached hydrogen (secondary N) is 1. The predicted octanol–water partition coefficient (Wildman–Crippen LogP) is 4.02. The Hall–Kier alpha value is -1.28. The van der Waals surface area contributed by atoms with Crippen molar-refractivity contribution in [2.24, 2.45) is 0 Å². The molecule has 2 heteroatoms. The number of rotatable bonds is 4. The highest BCUT2D eigenvalue weighted by Crippen LogP contribution is 2.16. The van der Waals surface area contributed by atoms with Gasteiger partial charge >= 0.3 is 0 Å². The molecule has 2 aromatic rings. The molecule has 0 spiro atoms. The molecule has 0 amide bonds. The lowest BCUT2D eigenvalue weighted by Gasteiger charge is -2.09. The molecule has 0 atom stereocenters. The van der Waals surface area contributed by atoms with E-state index in [2.05, 4.69) is 54.9 Å². The van der Waals surface area contributed by atoms with Crippen molar-refractivity contribution >= 4 is 17.0 Å². The fourth-order valence-corrected chi connectivity index (χ4v) is 2.41. The minimum atomic E-state index is 1.00. The van der Waals surface area contributed by atoms with Crippen LogP contribution in [0, 0.1) is 13.8 Å². The third-order valence-corrected chi connectivity index (χ3v) is 3.60. The van der Waals surface area contributed by atoms with Gasteiger partial charge in [0, 0.05) is 17.1 Å². The zero-order valence-corrected chi connectivity index (χ0v) is 10.6. The summed E-state index contributed by atoms with van der Waals surface area (Å²) >= 11 is 1.83. The lowest BCUT2D eigenvalue weighted by Crippen LogP contribution is -2.05. The van der Waals surface area contributed by atoms with Crippen LogP contribution in [0.15, 0.2) is 35.7 Å². The molecule has 84 valence electrons. The van der Waals surface area contributed by atoms with Crippen LogP contribution >= 0.6 is 11.3 Å². The van der Waals surface area contributed by atoms with Crippen molar-refractivity contribution in [3.05, 3.63) is 51.7 Å². The van der Waals surface area contributed by atoms with Crippen LogP contribution in [0.4, 0.5) is 5.69 Å². The Bertz CT molecular complexity index is 446. The smallest absolute Gasteiger partial charge is 0.0372 e. The third kappa shape index (κ3) is 2.86. The van der Waals surface area contributed by atoms with Gasteiger partial charge in [0.05, 0.1) is 0 Å². The summed E-state index contributed by atoms with van der Waals surface area (Å²) in [6.45, 7) is 5.28. The topological polar surface area (TPSA) is 12.0 Å². The van der Waals surface area contributed by atoms with Gasteiger partial charge in [-0.15, -0.1) is 11.3 Å². The average molecular weight is 231 g/mol. The standard InChI is InChI=1S/C14H17NS/c1-11-5-6-12(2)14(10-11)15-8-7-13-4-3-9-16-13/h3-6,9-10,15H,7-8H2,1-2H3. The van der Waals surface area contributed by atoms with Crippen LogP contribution in [-0.4, -0.2) is 6.54 Å². The van der Waals surface area contributed by atoms with E-state index in [0.717, 1.165) is 13.0 Å². The first-order valence-electron chi connectivity index (χ1n) is 5.59. The van der Waals surface area contributed by atoms with E-state index >= 15 is 0 Å². The first-order valence-corrected chi connectivity index (χ1v) is 6.47. The number of aryl methyl sites for hydroxylation is 2. The Kier molecular flexibility index (Phi) is 3.62. The van der Waals surface area contributed by atoms with Gasteiger partial charge in [-0.05, 0) is 48.9 Å². The van der Waals surface area contributed by atoms with Crippen molar-refractivity contribution in [2.45, 2.75) is 20.3 Å². The lowest BCUT2D eigenvalue weighted by molar-refractivity contribution is 1.04. The first kappa shape index (κ1) is 11.2. The summed E-state index contributed by atoms with van der Waals surface area (Å²) in [6.07, 6.45) is 1.10. The molecule has 1 N–H and O–H groups in total. The molecule has 0 aliphatic heterocycles. The molecule has 0 bridgehead atoms. The van der Waals surface area contributed by atoms with Crippen LogP contribution < -0.4 is 5.32 Å². The lowest BCUT2D eigenvalue weighted by atomic mass is 10.1.